The maximum atomic E-state index is 12.9. The average Bonchev–Trinajstić information content (AvgIpc) is 2.28. The Kier molecular flexibility index (Phi) is 3.27. The van der Waals surface area contributed by atoms with Gasteiger partial charge < -0.3 is 10.6 Å². The van der Waals surface area contributed by atoms with Crippen LogP contribution in [0.25, 0.3) is 0 Å². The number of alkyl halides is 3. The molecule has 0 bridgehead atoms. The Morgan fingerprint density at radius 3 is 2.28 bits per heavy atom. The summed E-state index contributed by atoms with van der Waals surface area (Å²) in [4.78, 5) is 1.78. The van der Waals surface area contributed by atoms with Crippen molar-refractivity contribution < 1.29 is 13.2 Å². The van der Waals surface area contributed by atoms with Crippen molar-refractivity contribution in [3.63, 3.8) is 0 Å². The predicted octanol–water partition coefficient (Wildman–Crippen LogP) is 3.02. The van der Waals surface area contributed by atoms with Gasteiger partial charge in [-0.1, -0.05) is 12.1 Å². The Morgan fingerprint density at radius 2 is 1.72 bits per heavy atom. The van der Waals surface area contributed by atoms with E-state index in [2.05, 4.69) is 0 Å². The minimum absolute atomic E-state index is 0.260. The molecule has 0 atom stereocenters. The van der Waals surface area contributed by atoms with Crippen molar-refractivity contribution in [2.75, 3.05) is 18.0 Å². The van der Waals surface area contributed by atoms with Gasteiger partial charge in [0.15, 0.2) is 0 Å². The van der Waals surface area contributed by atoms with Crippen molar-refractivity contribution in [3.8, 4) is 0 Å². The van der Waals surface area contributed by atoms with E-state index >= 15 is 0 Å². The van der Waals surface area contributed by atoms with E-state index in [4.69, 9.17) is 5.73 Å². The zero-order chi connectivity index (χ0) is 13.4. The van der Waals surface area contributed by atoms with Gasteiger partial charge in [-0.25, -0.2) is 0 Å². The van der Waals surface area contributed by atoms with Crippen molar-refractivity contribution in [1.29, 1.82) is 0 Å². The quantitative estimate of drug-likeness (QED) is 0.839. The number of nitrogens with two attached hydrogens (primary N) is 1. The minimum Gasteiger partial charge on any atom is -0.371 e. The van der Waals surface area contributed by atoms with E-state index in [1.807, 2.05) is 6.92 Å². The van der Waals surface area contributed by atoms with Crippen molar-refractivity contribution >= 4 is 5.69 Å². The highest BCUT2D eigenvalue weighted by Gasteiger charge is 2.36. The number of hydrogen-bond acceptors (Lipinski definition) is 2. The summed E-state index contributed by atoms with van der Waals surface area (Å²) in [6.07, 6.45) is -2.89. The van der Waals surface area contributed by atoms with Crippen molar-refractivity contribution in [2.24, 2.45) is 5.73 Å². The summed E-state index contributed by atoms with van der Waals surface area (Å²) in [7, 11) is 0. The van der Waals surface area contributed by atoms with Gasteiger partial charge in [0.05, 0.1) is 5.56 Å². The summed E-state index contributed by atoms with van der Waals surface area (Å²) >= 11 is 0. The van der Waals surface area contributed by atoms with E-state index < -0.39 is 11.7 Å². The largest absolute Gasteiger partial charge is 0.418 e. The molecule has 1 heterocycles. The summed E-state index contributed by atoms with van der Waals surface area (Å²) < 4.78 is 38.7. The number of benzene rings is 1. The highest BCUT2D eigenvalue weighted by atomic mass is 19.4. The lowest BCUT2D eigenvalue weighted by molar-refractivity contribution is -0.137. The van der Waals surface area contributed by atoms with Crippen molar-refractivity contribution in [1.82, 2.24) is 0 Å². The molecule has 1 aromatic carbocycles. The highest BCUT2D eigenvalue weighted by molar-refractivity contribution is 5.55. The third-order valence-corrected chi connectivity index (χ3v) is 3.46. The first-order chi connectivity index (χ1) is 8.30. The van der Waals surface area contributed by atoms with Crippen LogP contribution in [0.3, 0.4) is 0 Å². The number of piperidine rings is 1. The summed E-state index contributed by atoms with van der Waals surface area (Å²) in [6.45, 7) is 3.08. The van der Waals surface area contributed by atoms with E-state index in [0.717, 1.165) is 6.07 Å². The molecule has 0 radical (unpaired) electrons. The van der Waals surface area contributed by atoms with Gasteiger partial charge >= 0.3 is 6.18 Å². The Balaban J connectivity index is 2.25. The molecule has 0 amide bonds. The van der Waals surface area contributed by atoms with E-state index in [0.29, 0.717) is 25.9 Å². The number of para-hydroxylation sites is 1. The molecule has 0 saturated carbocycles. The molecule has 1 aliphatic rings. The fourth-order valence-electron chi connectivity index (χ4n) is 2.25. The fourth-order valence-corrected chi connectivity index (χ4v) is 2.25. The van der Waals surface area contributed by atoms with Gasteiger partial charge in [-0.3, -0.25) is 0 Å². The van der Waals surface area contributed by atoms with Crippen LogP contribution in [-0.2, 0) is 6.18 Å². The summed E-state index contributed by atoms with van der Waals surface area (Å²) in [6, 6.07) is 5.72. The van der Waals surface area contributed by atoms with Crippen LogP contribution in [0.4, 0.5) is 18.9 Å². The molecule has 100 valence electrons. The molecule has 1 aromatic rings. The maximum absolute atomic E-state index is 12.9. The van der Waals surface area contributed by atoms with Crippen LogP contribution in [0.1, 0.15) is 25.3 Å². The topological polar surface area (TPSA) is 29.3 Å². The first kappa shape index (κ1) is 13.2. The molecule has 1 fully saturated rings. The second-order valence-corrected chi connectivity index (χ2v) is 5.16. The Hall–Kier alpha value is -1.23. The molecule has 5 heteroatoms. The molecule has 0 unspecified atom stereocenters. The van der Waals surface area contributed by atoms with Gasteiger partial charge in [-0.2, -0.15) is 13.2 Å². The molecule has 0 aromatic heterocycles. The molecule has 1 saturated heterocycles. The SMILES string of the molecule is CC1(N)CCN(c2ccccc2C(F)(F)F)CC1. The molecule has 0 spiro atoms. The van der Waals surface area contributed by atoms with E-state index in [-0.39, 0.29) is 11.2 Å². The fraction of sp³-hybridized carbons (Fsp3) is 0.538. The molecule has 1 aliphatic heterocycles. The van der Waals surface area contributed by atoms with Crippen LogP contribution in [0.15, 0.2) is 24.3 Å². The van der Waals surface area contributed by atoms with Crippen LogP contribution >= 0.6 is 0 Å². The molecule has 0 aliphatic carbocycles. The first-order valence-corrected chi connectivity index (χ1v) is 6.00. The lowest BCUT2D eigenvalue weighted by atomic mass is 9.90. The van der Waals surface area contributed by atoms with Gasteiger partial charge in [0.2, 0.25) is 0 Å². The Labute approximate surface area is 105 Å². The highest BCUT2D eigenvalue weighted by Crippen LogP contribution is 2.37. The average molecular weight is 258 g/mol. The van der Waals surface area contributed by atoms with Gasteiger partial charge in [0, 0.05) is 24.3 Å². The molecule has 2 N–H and O–H groups in total. The third-order valence-electron chi connectivity index (χ3n) is 3.46. The Bertz CT molecular complexity index is 416. The van der Waals surface area contributed by atoms with E-state index in [1.54, 1.807) is 11.0 Å². The molecule has 2 nitrogen and oxygen atoms in total. The number of halogens is 3. The smallest absolute Gasteiger partial charge is 0.371 e. The molecular formula is C13H17F3N2. The molecular weight excluding hydrogens is 241 g/mol. The zero-order valence-corrected chi connectivity index (χ0v) is 10.3. The van der Waals surface area contributed by atoms with Crippen molar-refractivity contribution in [2.45, 2.75) is 31.5 Å². The number of anilines is 1. The summed E-state index contributed by atoms with van der Waals surface area (Å²) in [5.74, 6) is 0. The van der Waals surface area contributed by atoms with Gasteiger partial charge in [0.1, 0.15) is 0 Å². The number of hydrogen-bond donors (Lipinski definition) is 1. The molecule has 2 rings (SSSR count). The predicted molar refractivity (Wildman–Crippen MR) is 65.5 cm³/mol. The van der Waals surface area contributed by atoms with Gasteiger partial charge in [-0.05, 0) is 31.9 Å². The van der Waals surface area contributed by atoms with Crippen LogP contribution in [0.2, 0.25) is 0 Å². The van der Waals surface area contributed by atoms with Gasteiger partial charge in [0.25, 0.3) is 0 Å². The van der Waals surface area contributed by atoms with E-state index in [1.165, 1.54) is 12.1 Å². The second-order valence-electron chi connectivity index (χ2n) is 5.16. The first-order valence-electron chi connectivity index (χ1n) is 6.00. The lowest BCUT2D eigenvalue weighted by Crippen LogP contribution is -2.48. The van der Waals surface area contributed by atoms with Crippen molar-refractivity contribution in [3.05, 3.63) is 29.8 Å². The second kappa shape index (κ2) is 4.46. The van der Waals surface area contributed by atoms with Gasteiger partial charge in [-0.15, -0.1) is 0 Å². The summed E-state index contributed by atoms with van der Waals surface area (Å²) in [5.41, 5.74) is 5.43. The monoisotopic (exact) mass is 258 g/mol. The lowest BCUT2D eigenvalue weighted by Gasteiger charge is -2.38. The number of nitrogens with zero attached hydrogens (tertiary/aromatic N) is 1. The van der Waals surface area contributed by atoms with E-state index in [9.17, 15) is 13.2 Å². The summed E-state index contributed by atoms with van der Waals surface area (Å²) in [5, 5.41) is 0. The zero-order valence-electron chi connectivity index (χ0n) is 10.3. The van der Waals surface area contributed by atoms with Crippen LogP contribution in [-0.4, -0.2) is 18.6 Å². The standard InChI is InChI=1S/C13H17F3N2/c1-12(17)6-8-18(9-7-12)11-5-3-2-4-10(11)13(14,15)16/h2-5H,6-9,17H2,1H3. The number of rotatable bonds is 1. The maximum Gasteiger partial charge on any atom is 0.418 e. The minimum atomic E-state index is -4.31. The van der Waals surface area contributed by atoms with Crippen LogP contribution in [0, 0.1) is 0 Å². The third kappa shape index (κ3) is 2.77. The Morgan fingerprint density at radius 1 is 1.17 bits per heavy atom. The normalized spacial score (nSPS) is 19.9. The van der Waals surface area contributed by atoms with Crippen LogP contribution < -0.4 is 10.6 Å². The van der Waals surface area contributed by atoms with Crippen LogP contribution in [0.5, 0.6) is 0 Å². The molecule has 18 heavy (non-hydrogen) atoms.